The van der Waals surface area contributed by atoms with Crippen molar-refractivity contribution in [2.24, 2.45) is 0 Å². The zero-order chi connectivity index (χ0) is 9.97. The summed E-state index contributed by atoms with van der Waals surface area (Å²) in [6.45, 7) is 0. The number of methoxy groups -OCH3 is 1. The van der Waals surface area contributed by atoms with E-state index in [1.165, 1.54) is 0 Å². The average molecular weight is 194 g/mol. The van der Waals surface area contributed by atoms with Crippen LogP contribution >= 0.6 is 0 Å². The van der Waals surface area contributed by atoms with Crippen LogP contribution in [0.2, 0.25) is 0 Å². The van der Waals surface area contributed by atoms with Crippen LogP contribution in [0.3, 0.4) is 0 Å². The van der Waals surface area contributed by atoms with E-state index in [0.29, 0.717) is 6.04 Å². The van der Waals surface area contributed by atoms with E-state index in [1.54, 1.807) is 13.3 Å². The number of hydrogen-bond acceptors (Lipinski definition) is 4. The van der Waals surface area contributed by atoms with Crippen molar-refractivity contribution < 1.29 is 9.84 Å². The first-order valence-corrected chi connectivity index (χ1v) is 4.72. The first-order chi connectivity index (χ1) is 6.78. The Balaban J connectivity index is 1.90. The number of pyridine rings is 1. The molecule has 0 aliphatic heterocycles. The Bertz CT molecular complexity index is 293. The Kier molecular flexibility index (Phi) is 2.54. The van der Waals surface area contributed by atoms with Crippen LogP contribution in [0.5, 0.6) is 5.75 Å². The molecular weight excluding hydrogens is 180 g/mol. The SMILES string of the molecule is COc1ccc(NC2CC(O)C2)nc1. The Morgan fingerprint density at radius 2 is 2.29 bits per heavy atom. The lowest BCUT2D eigenvalue weighted by Gasteiger charge is -2.32. The number of ether oxygens (including phenoxy) is 1. The number of anilines is 1. The van der Waals surface area contributed by atoms with Gasteiger partial charge in [-0.25, -0.2) is 4.98 Å². The summed E-state index contributed by atoms with van der Waals surface area (Å²) in [6.07, 6.45) is 3.17. The quantitative estimate of drug-likeness (QED) is 0.754. The number of nitrogens with one attached hydrogen (secondary N) is 1. The molecule has 1 aliphatic rings. The molecule has 76 valence electrons. The van der Waals surface area contributed by atoms with Gasteiger partial charge in [-0.05, 0) is 25.0 Å². The van der Waals surface area contributed by atoms with Gasteiger partial charge in [0.1, 0.15) is 11.6 Å². The van der Waals surface area contributed by atoms with Crippen LogP contribution in [0.25, 0.3) is 0 Å². The zero-order valence-corrected chi connectivity index (χ0v) is 8.10. The molecule has 4 heteroatoms. The summed E-state index contributed by atoms with van der Waals surface area (Å²) in [5, 5.41) is 12.3. The lowest BCUT2D eigenvalue weighted by Crippen LogP contribution is -2.39. The molecule has 0 atom stereocenters. The number of aliphatic hydroxyl groups is 1. The fourth-order valence-corrected chi connectivity index (χ4v) is 1.50. The van der Waals surface area contributed by atoms with E-state index in [-0.39, 0.29) is 6.10 Å². The summed E-state index contributed by atoms with van der Waals surface area (Å²) in [4.78, 5) is 4.18. The van der Waals surface area contributed by atoms with Crippen LogP contribution in [-0.4, -0.2) is 29.3 Å². The highest BCUT2D eigenvalue weighted by molar-refractivity contribution is 5.39. The highest BCUT2D eigenvalue weighted by Crippen LogP contribution is 2.23. The van der Waals surface area contributed by atoms with Gasteiger partial charge in [-0.1, -0.05) is 0 Å². The van der Waals surface area contributed by atoms with Crippen LogP contribution in [0.4, 0.5) is 5.82 Å². The van der Waals surface area contributed by atoms with Crippen LogP contribution < -0.4 is 10.1 Å². The molecule has 0 aromatic carbocycles. The third-order valence-electron chi connectivity index (χ3n) is 2.44. The maximum Gasteiger partial charge on any atom is 0.137 e. The normalized spacial score (nSPS) is 25.3. The van der Waals surface area contributed by atoms with Gasteiger partial charge in [0, 0.05) is 6.04 Å². The molecule has 1 aromatic rings. The van der Waals surface area contributed by atoms with Crippen molar-refractivity contribution >= 4 is 5.82 Å². The highest BCUT2D eigenvalue weighted by atomic mass is 16.5. The van der Waals surface area contributed by atoms with Crippen molar-refractivity contribution in [3.05, 3.63) is 18.3 Å². The molecule has 0 saturated heterocycles. The fourth-order valence-electron chi connectivity index (χ4n) is 1.50. The van der Waals surface area contributed by atoms with E-state index in [0.717, 1.165) is 24.4 Å². The molecule has 2 N–H and O–H groups in total. The van der Waals surface area contributed by atoms with Gasteiger partial charge < -0.3 is 15.2 Å². The summed E-state index contributed by atoms with van der Waals surface area (Å²) in [5.74, 6) is 1.59. The van der Waals surface area contributed by atoms with Gasteiger partial charge in [0.05, 0.1) is 19.4 Å². The Morgan fingerprint density at radius 1 is 1.50 bits per heavy atom. The molecule has 0 bridgehead atoms. The summed E-state index contributed by atoms with van der Waals surface area (Å²) >= 11 is 0. The number of hydrogen-bond donors (Lipinski definition) is 2. The molecule has 1 heterocycles. The Morgan fingerprint density at radius 3 is 2.79 bits per heavy atom. The monoisotopic (exact) mass is 194 g/mol. The Hall–Kier alpha value is -1.29. The van der Waals surface area contributed by atoms with Gasteiger partial charge in [-0.2, -0.15) is 0 Å². The zero-order valence-electron chi connectivity index (χ0n) is 8.10. The first-order valence-electron chi connectivity index (χ1n) is 4.72. The third-order valence-corrected chi connectivity index (χ3v) is 2.44. The molecule has 1 saturated carbocycles. The third kappa shape index (κ3) is 1.96. The lowest BCUT2D eigenvalue weighted by molar-refractivity contribution is 0.0835. The number of nitrogens with zero attached hydrogens (tertiary/aromatic N) is 1. The van der Waals surface area contributed by atoms with E-state index in [2.05, 4.69) is 10.3 Å². The van der Waals surface area contributed by atoms with E-state index < -0.39 is 0 Å². The molecule has 2 rings (SSSR count). The molecule has 0 radical (unpaired) electrons. The molecule has 1 aromatic heterocycles. The molecule has 1 fully saturated rings. The topological polar surface area (TPSA) is 54.4 Å². The summed E-state index contributed by atoms with van der Waals surface area (Å²) < 4.78 is 5.00. The second-order valence-electron chi connectivity index (χ2n) is 3.55. The minimum Gasteiger partial charge on any atom is -0.495 e. The predicted octanol–water partition coefficient (Wildman–Crippen LogP) is 1.03. The standard InChI is InChI=1S/C10H14N2O2/c1-14-9-2-3-10(11-6-9)12-7-4-8(13)5-7/h2-3,6-8,13H,4-5H2,1H3,(H,11,12). The number of rotatable bonds is 3. The van der Waals surface area contributed by atoms with Crippen molar-refractivity contribution in [1.82, 2.24) is 4.98 Å². The van der Waals surface area contributed by atoms with Crippen LogP contribution in [0.15, 0.2) is 18.3 Å². The second kappa shape index (κ2) is 3.84. The summed E-state index contributed by atoms with van der Waals surface area (Å²) in [6, 6.07) is 4.11. The Labute approximate surface area is 82.9 Å². The number of aromatic nitrogens is 1. The van der Waals surface area contributed by atoms with Gasteiger partial charge >= 0.3 is 0 Å². The van der Waals surface area contributed by atoms with Crippen molar-refractivity contribution in [3.8, 4) is 5.75 Å². The number of aliphatic hydroxyl groups excluding tert-OH is 1. The van der Waals surface area contributed by atoms with Crippen LogP contribution in [0.1, 0.15) is 12.8 Å². The van der Waals surface area contributed by atoms with Crippen molar-refractivity contribution in [1.29, 1.82) is 0 Å². The van der Waals surface area contributed by atoms with Gasteiger partial charge in [-0.3, -0.25) is 0 Å². The summed E-state index contributed by atoms with van der Waals surface area (Å²) in [7, 11) is 1.62. The van der Waals surface area contributed by atoms with Crippen molar-refractivity contribution in [2.45, 2.75) is 25.0 Å². The van der Waals surface area contributed by atoms with Crippen molar-refractivity contribution in [2.75, 3.05) is 12.4 Å². The van der Waals surface area contributed by atoms with E-state index in [9.17, 15) is 0 Å². The van der Waals surface area contributed by atoms with E-state index in [4.69, 9.17) is 9.84 Å². The fraction of sp³-hybridized carbons (Fsp3) is 0.500. The van der Waals surface area contributed by atoms with Gasteiger partial charge in [0.25, 0.3) is 0 Å². The molecule has 0 spiro atoms. The maximum atomic E-state index is 9.10. The van der Waals surface area contributed by atoms with Gasteiger partial charge in [-0.15, -0.1) is 0 Å². The van der Waals surface area contributed by atoms with Crippen molar-refractivity contribution in [3.63, 3.8) is 0 Å². The largest absolute Gasteiger partial charge is 0.495 e. The second-order valence-corrected chi connectivity index (χ2v) is 3.55. The molecule has 4 nitrogen and oxygen atoms in total. The van der Waals surface area contributed by atoms with Crippen LogP contribution in [0, 0.1) is 0 Å². The summed E-state index contributed by atoms with van der Waals surface area (Å²) in [5.41, 5.74) is 0. The maximum absolute atomic E-state index is 9.10. The molecule has 0 amide bonds. The van der Waals surface area contributed by atoms with Gasteiger partial charge in [0.15, 0.2) is 0 Å². The predicted molar refractivity (Wildman–Crippen MR) is 53.4 cm³/mol. The molecule has 1 aliphatic carbocycles. The van der Waals surface area contributed by atoms with E-state index in [1.807, 2.05) is 12.1 Å². The molecular formula is C10H14N2O2. The smallest absolute Gasteiger partial charge is 0.137 e. The average Bonchev–Trinajstić information content (AvgIpc) is 2.17. The molecule has 14 heavy (non-hydrogen) atoms. The van der Waals surface area contributed by atoms with E-state index >= 15 is 0 Å². The highest BCUT2D eigenvalue weighted by Gasteiger charge is 2.26. The van der Waals surface area contributed by atoms with Gasteiger partial charge in [0.2, 0.25) is 0 Å². The minimum atomic E-state index is -0.134. The molecule has 0 unspecified atom stereocenters. The lowest BCUT2D eigenvalue weighted by atomic mass is 9.89. The first kappa shape index (κ1) is 9.27. The minimum absolute atomic E-state index is 0.134. The van der Waals surface area contributed by atoms with Crippen LogP contribution in [-0.2, 0) is 0 Å².